The third-order valence-corrected chi connectivity index (χ3v) is 5.49. The Morgan fingerprint density at radius 2 is 2.11 bits per heavy atom. The van der Waals surface area contributed by atoms with Crippen molar-refractivity contribution < 1.29 is 4.79 Å². The molecule has 3 heterocycles. The summed E-state index contributed by atoms with van der Waals surface area (Å²) in [5.74, 6) is 0.368. The fourth-order valence-electron chi connectivity index (χ4n) is 3.83. The minimum atomic E-state index is -0.495. The Bertz CT molecular complexity index is 1090. The Labute approximate surface area is 160 Å². The highest BCUT2D eigenvalue weighted by atomic mass is 35.5. The zero-order valence-electron chi connectivity index (χ0n) is 14.6. The highest BCUT2D eigenvalue weighted by Crippen LogP contribution is 2.37. The first-order chi connectivity index (χ1) is 13.0. The number of nitriles is 1. The number of amides is 2. The van der Waals surface area contributed by atoms with Crippen LogP contribution in [0.3, 0.4) is 0 Å². The smallest absolute Gasteiger partial charge is 0.319 e. The maximum Gasteiger partial charge on any atom is 0.420 e. The first-order valence-corrected chi connectivity index (χ1v) is 8.94. The number of fused-ring (bicyclic) bond motifs is 1. The molecule has 1 aliphatic heterocycles. The molecule has 3 aromatic rings. The lowest BCUT2D eigenvalue weighted by Crippen LogP contribution is -2.59. The molecule has 8 nitrogen and oxygen atoms in total. The molecule has 1 fully saturated rings. The number of hydrogen-bond donors (Lipinski definition) is 1. The van der Waals surface area contributed by atoms with Crippen LogP contribution in [0.15, 0.2) is 30.6 Å². The number of nitrogens with zero attached hydrogens (tertiary/aromatic N) is 6. The highest BCUT2D eigenvalue weighted by molar-refractivity contribution is 6.30. The van der Waals surface area contributed by atoms with Gasteiger partial charge in [0.25, 0.3) is 5.82 Å². The summed E-state index contributed by atoms with van der Waals surface area (Å²) in [5.41, 5.74) is 7.52. The van der Waals surface area contributed by atoms with Gasteiger partial charge in [0.05, 0.1) is 6.54 Å². The Balaban J connectivity index is 2.01. The molecule has 2 atom stereocenters. The lowest BCUT2D eigenvalue weighted by atomic mass is 10.2. The van der Waals surface area contributed by atoms with E-state index >= 15 is 0 Å². The van der Waals surface area contributed by atoms with Gasteiger partial charge < -0.3 is 5.73 Å². The molecule has 1 aliphatic rings. The molecule has 1 saturated heterocycles. The van der Waals surface area contributed by atoms with Crippen LogP contribution in [-0.2, 0) is 0 Å². The third kappa shape index (κ3) is 2.55. The molecule has 0 radical (unpaired) electrons. The van der Waals surface area contributed by atoms with Crippen LogP contribution >= 0.6 is 11.6 Å². The molecule has 2 N–H and O–H groups in total. The average molecular weight is 383 g/mol. The predicted molar refractivity (Wildman–Crippen MR) is 101 cm³/mol. The van der Waals surface area contributed by atoms with Crippen molar-refractivity contribution in [2.75, 3.05) is 6.54 Å². The number of hydrogen-bond acceptors (Lipinski definition) is 5. The van der Waals surface area contributed by atoms with Crippen molar-refractivity contribution in [3.63, 3.8) is 0 Å². The van der Waals surface area contributed by atoms with Gasteiger partial charge in [-0.15, -0.1) is 0 Å². The summed E-state index contributed by atoms with van der Waals surface area (Å²) in [6.07, 6.45) is 3.29. The van der Waals surface area contributed by atoms with Crippen molar-refractivity contribution in [2.24, 2.45) is 5.73 Å². The van der Waals surface area contributed by atoms with Gasteiger partial charge in [0.15, 0.2) is 11.2 Å². The molecule has 1 aromatic carbocycles. The van der Waals surface area contributed by atoms with Gasteiger partial charge in [0.2, 0.25) is 5.82 Å². The number of nitrogens with two attached hydrogens (primary N) is 1. The molecular formula is C18H17ClN7O+. The number of primary amides is 1. The molecule has 27 heavy (non-hydrogen) atoms. The Hall–Kier alpha value is -3.02. The van der Waals surface area contributed by atoms with Crippen LogP contribution < -0.4 is 10.2 Å². The van der Waals surface area contributed by atoms with Crippen molar-refractivity contribution in [2.45, 2.75) is 25.8 Å². The van der Waals surface area contributed by atoms with Crippen LogP contribution in [0.5, 0.6) is 0 Å². The Morgan fingerprint density at radius 1 is 1.37 bits per heavy atom. The van der Waals surface area contributed by atoms with Crippen molar-refractivity contribution in [1.29, 1.82) is 5.26 Å². The fraction of sp³-hybridized carbons (Fsp3) is 0.278. The topological polar surface area (TPSA) is 110 Å². The molecule has 1 unspecified atom stereocenters. The number of carbonyl (C=O) groups is 1. The maximum absolute atomic E-state index is 12.5. The highest BCUT2D eigenvalue weighted by Gasteiger charge is 2.50. The lowest BCUT2D eigenvalue weighted by molar-refractivity contribution is 0.205. The number of carbonyl (C=O) groups excluding carboxylic acids is 1. The lowest BCUT2D eigenvalue weighted by Gasteiger charge is -2.31. The number of halogens is 1. The molecule has 0 spiro atoms. The number of urea groups is 1. The van der Waals surface area contributed by atoms with E-state index in [0.717, 1.165) is 18.5 Å². The SMILES string of the molecule is C[C@@H]1CCC[N+]1(C(N)=O)c1nc(C#N)nc2c1ncn2-c1ccc(Cl)cc1. The number of likely N-dealkylation sites (tertiary alicyclic amines) is 1. The third-order valence-electron chi connectivity index (χ3n) is 5.24. The van der Waals surface area contributed by atoms with Crippen molar-refractivity contribution in [3.8, 4) is 11.8 Å². The van der Waals surface area contributed by atoms with Gasteiger partial charge in [0, 0.05) is 23.6 Å². The summed E-state index contributed by atoms with van der Waals surface area (Å²) in [4.78, 5) is 25.7. The number of aromatic nitrogens is 4. The van der Waals surface area contributed by atoms with E-state index in [1.807, 2.05) is 25.1 Å². The number of rotatable bonds is 2. The molecule has 0 aliphatic carbocycles. The van der Waals surface area contributed by atoms with E-state index in [2.05, 4.69) is 15.0 Å². The molecular weight excluding hydrogens is 366 g/mol. The van der Waals surface area contributed by atoms with E-state index < -0.39 is 6.03 Å². The Kier molecular flexibility index (Phi) is 4.06. The monoisotopic (exact) mass is 382 g/mol. The summed E-state index contributed by atoms with van der Waals surface area (Å²) < 4.78 is 1.63. The first kappa shape index (κ1) is 17.4. The fourth-order valence-corrected chi connectivity index (χ4v) is 3.95. The second kappa shape index (κ2) is 6.30. The van der Waals surface area contributed by atoms with Crippen molar-refractivity contribution in [3.05, 3.63) is 41.4 Å². The standard InChI is InChI=1S/C18H16ClN7O/c1-11-3-2-8-26(11,18(21)27)17-15-16(23-14(9-20)24-17)25(10-22-15)13-6-4-12(19)5-7-13/h4-7,10-11H,2-3,8H2,1H3,(H-,21,27)/p+1/t11-,26?/m1/s1. The zero-order valence-corrected chi connectivity index (χ0v) is 15.4. The van der Waals surface area contributed by atoms with Crippen molar-refractivity contribution in [1.82, 2.24) is 24.0 Å². The summed E-state index contributed by atoms with van der Waals surface area (Å²) in [5, 5.41) is 10.1. The summed E-state index contributed by atoms with van der Waals surface area (Å²) in [6.45, 7) is 2.50. The molecule has 2 amide bonds. The van der Waals surface area contributed by atoms with E-state index in [-0.39, 0.29) is 16.3 Å². The van der Waals surface area contributed by atoms with Gasteiger partial charge >= 0.3 is 6.03 Å². The van der Waals surface area contributed by atoms with Crippen LogP contribution in [-0.4, -0.2) is 38.1 Å². The van der Waals surface area contributed by atoms with Gasteiger partial charge in [0.1, 0.15) is 18.4 Å². The van der Waals surface area contributed by atoms with Gasteiger partial charge in [-0.05, 0) is 31.2 Å². The number of quaternary nitrogens is 1. The average Bonchev–Trinajstić information content (AvgIpc) is 3.25. The van der Waals surface area contributed by atoms with E-state index in [4.69, 9.17) is 17.3 Å². The second-order valence-electron chi connectivity index (χ2n) is 6.67. The molecule has 0 bridgehead atoms. The van der Waals surface area contributed by atoms with Gasteiger partial charge in [-0.3, -0.25) is 4.57 Å². The normalized spacial score (nSPS) is 22.0. The second-order valence-corrected chi connectivity index (χ2v) is 7.10. The quantitative estimate of drug-likeness (QED) is 0.685. The molecule has 9 heteroatoms. The first-order valence-electron chi connectivity index (χ1n) is 8.57. The molecule has 4 rings (SSSR count). The number of benzene rings is 1. The van der Waals surface area contributed by atoms with Crippen molar-refractivity contribution >= 4 is 34.6 Å². The molecule has 0 saturated carbocycles. The van der Waals surface area contributed by atoms with Gasteiger partial charge in [-0.25, -0.2) is 9.78 Å². The van der Waals surface area contributed by atoms with Crippen LogP contribution in [0.2, 0.25) is 5.02 Å². The summed E-state index contributed by atoms with van der Waals surface area (Å²) >= 11 is 5.97. The van der Waals surface area contributed by atoms with E-state index in [9.17, 15) is 10.1 Å². The van der Waals surface area contributed by atoms with Crippen LogP contribution in [0.4, 0.5) is 10.6 Å². The van der Waals surface area contributed by atoms with Crippen LogP contribution in [0, 0.1) is 11.3 Å². The van der Waals surface area contributed by atoms with E-state index in [1.54, 1.807) is 23.0 Å². The van der Waals surface area contributed by atoms with Crippen LogP contribution in [0.1, 0.15) is 25.6 Å². The summed E-state index contributed by atoms with van der Waals surface area (Å²) in [6, 6.07) is 8.62. The minimum Gasteiger partial charge on any atom is -0.319 e. The molecule has 136 valence electrons. The molecule has 2 aromatic heterocycles. The van der Waals surface area contributed by atoms with Gasteiger partial charge in [-0.1, -0.05) is 11.6 Å². The van der Waals surface area contributed by atoms with Crippen LogP contribution in [0.25, 0.3) is 16.9 Å². The van der Waals surface area contributed by atoms with E-state index in [1.165, 1.54) is 0 Å². The summed E-state index contributed by atoms with van der Waals surface area (Å²) in [7, 11) is 0. The minimum absolute atomic E-state index is 0.0222. The largest absolute Gasteiger partial charge is 0.420 e. The predicted octanol–water partition coefficient (Wildman–Crippen LogP) is 2.91. The van der Waals surface area contributed by atoms with E-state index in [0.29, 0.717) is 28.5 Å². The van der Waals surface area contributed by atoms with Gasteiger partial charge in [-0.2, -0.15) is 19.7 Å². The number of imidazole rings is 1. The maximum atomic E-state index is 12.5. The Morgan fingerprint density at radius 3 is 2.70 bits per heavy atom. The zero-order chi connectivity index (χ0) is 19.2.